The molecular weight excluding hydrogens is 230 g/mol. The summed E-state index contributed by atoms with van der Waals surface area (Å²) in [5.74, 6) is 1.35. The number of nitrogens with zero attached hydrogens (tertiary/aromatic N) is 3. The third-order valence-corrected chi connectivity index (χ3v) is 2.28. The van der Waals surface area contributed by atoms with Gasteiger partial charge in [0.1, 0.15) is 6.54 Å². The fourth-order valence-corrected chi connectivity index (χ4v) is 1.39. The summed E-state index contributed by atoms with van der Waals surface area (Å²) in [5.41, 5.74) is 7.84. The Bertz CT molecular complexity index is 544. The zero-order chi connectivity index (χ0) is 13.0. The molecule has 18 heavy (non-hydrogen) atoms. The first kappa shape index (κ1) is 12.1. The maximum absolute atomic E-state index is 5.75. The average Bonchev–Trinajstić information content (AvgIpc) is 2.76. The molecule has 0 amide bonds. The lowest BCUT2D eigenvalue weighted by molar-refractivity contribution is 0.387. The predicted molar refractivity (Wildman–Crippen MR) is 69.2 cm³/mol. The van der Waals surface area contributed by atoms with E-state index in [1.165, 1.54) is 5.56 Å². The Morgan fingerprint density at radius 3 is 2.67 bits per heavy atom. The van der Waals surface area contributed by atoms with Crippen LogP contribution in [0.3, 0.4) is 0 Å². The summed E-state index contributed by atoms with van der Waals surface area (Å²) in [6.07, 6.45) is 0. The molecule has 6 heteroatoms. The largest absolute Gasteiger partial charge is 0.370 e. The third kappa shape index (κ3) is 3.31. The molecule has 0 spiro atoms. The van der Waals surface area contributed by atoms with Crippen LogP contribution in [0.25, 0.3) is 0 Å². The smallest absolute Gasteiger partial charge is 0.223 e. The summed E-state index contributed by atoms with van der Waals surface area (Å²) in [4.78, 5) is 8.16. The fourth-order valence-electron chi connectivity index (χ4n) is 1.39. The Kier molecular flexibility index (Phi) is 3.57. The number of hydrogen-bond donors (Lipinski definition) is 2. The van der Waals surface area contributed by atoms with Gasteiger partial charge in [-0.15, -0.1) is 0 Å². The van der Waals surface area contributed by atoms with Crippen molar-refractivity contribution < 1.29 is 4.52 Å². The van der Waals surface area contributed by atoms with Crippen LogP contribution < -0.4 is 11.1 Å². The second kappa shape index (κ2) is 5.31. The number of aryl methyl sites for hydroxylation is 2. The van der Waals surface area contributed by atoms with Gasteiger partial charge in [-0.3, -0.25) is 0 Å². The standard InChI is InChI=1S/C12H15N5O/c1-8-3-5-10(6-4-8)16-12(13)14-7-11-15-9(2)18-17-11/h3-6H,7H2,1-2H3,(H3,13,14,16). The van der Waals surface area contributed by atoms with Crippen LogP contribution in [0.15, 0.2) is 33.8 Å². The van der Waals surface area contributed by atoms with Crippen LogP contribution in [0, 0.1) is 13.8 Å². The average molecular weight is 245 g/mol. The molecule has 2 aromatic rings. The first-order valence-corrected chi connectivity index (χ1v) is 5.56. The van der Waals surface area contributed by atoms with Crippen molar-refractivity contribution >= 4 is 11.6 Å². The van der Waals surface area contributed by atoms with Crippen molar-refractivity contribution in [3.8, 4) is 0 Å². The molecule has 0 bridgehead atoms. The molecular formula is C12H15N5O. The zero-order valence-electron chi connectivity index (χ0n) is 10.3. The summed E-state index contributed by atoms with van der Waals surface area (Å²) < 4.78 is 4.84. The van der Waals surface area contributed by atoms with Gasteiger partial charge in [0.05, 0.1) is 0 Å². The van der Waals surface area contributed by atoms with Gasteiger partial charge < -0.3 is 15.6 Å². The molecule has 0 fully saturated rings. The minimum atomic E-state index is 0.294. The number of hydrogen-bond acceptors (Lipinski definition) is 4. The Morgan fingerprint density at radius 1 is 1.33 bits per heavy atom. The number of nitrogens with one attached hydrogen (secondary N) is 1. The Balaban J connectivity index is 1.95. The predicted octanol–water partition coefficient (Wildman–Crippen LogP) is 1.61. The maximum atomic E-state index is 5.75. The Labute approximate surface area is 105 Å². The van der Waals surface area contributed by atoms with E-state index in [0.29, 0.717) is 24.2 Å². The highest BCUT2D eigenvalue weighted by Gasteiger charge is 2.01. The number of rotatable bonds is 3. The van der Waals surface area contributed by atoms with Crippen molar-refractivity contribution in [3.05, 3.63) is 41.5 Å². The van der Waals surface area contributed by atoms with Gasteiger partial charge in [-0.1, -0.05) is 22.9 Å². The van der Waals surface area contributed by atoms with Gasteiger partial charge in [0.15, 0.2) is 11.8 Å². The topological polar surface area (TPSA) is 89.3 Å². The molecule has 1 aromatic carbocycles. The lowest BCUT2D eigenvalue weighted by atomic mass is 10.2. The molecule has 1 aromatic heterocycles. The SMILES string of the molecule is Cc1ccc(NC(N)=NCc2noc(C)n2)cc1. The number of aromatic nitrogens is 2. The van der Waals surface area contributed by atoms with Crippen molar-refractivity contribution in [2.45, 2.75) is 20.4 Å². The van der Waals surface area contributed by atoms with Crippen molar-refractivity contribution in [1.29, 1.82) is 0 Å². The van der Waals surface area contributed by atoms with E-state index in [0.717, 1.165) is 5.69 Å². The molecule has 0 radical (unpaired) electrons. The fraction of sp³-hybridized carbons (Fsp3) is 0.250. The number of anilines is 1. The number of benzene rings is 1. The maximum Gasteiger partial charge on any atom is 0.223 e. The first-order chi connectivity index (χ1) is 8.63. The molecule has 2 rings (SSSR count). The molecule has 0 aliphatic rings. The van der Waals surface area contributed by atoms with E-state index < -0.39 is 0 Å². The van der Waals surface area contributed by atoms with E-state index in [-0.39, 0.29) is 0 Å². The molecule has 3 N–H and O–H groups in total. The normalized spacial score (nSPS) is 11.6. The van der Waals surface area contributed by atoms with Crippen molar-refractivity contribution in [3.63, 3.8) is 0 Å². The molecule has 0 saturated heterocycles. The van der Waals surface area contributed by atoms with E-state index in [9.17, 15) is 0 Å². The van der Waals surface area contributed by atoms with Gasteiger partial charge in [-0.05, 0) is 19.1 Å². The first-order valence-electron chi connectivity index (χ1n) is 5.56. The molecule has 6 nitrogen and oxygen atoms in total. The molecule has 0 saturated carbocycles. The second-order valence-corrected chi connectivity index (χ2v) is 3.92. The minimum Gasteiger partial charge on any atom is -0.370 e. The van der Waals surface area contributed by atoms with E-state index in [1.807, 2.05) is 31.2 Å². The van der Waals surface area contributed by atoms with E-state index in [4.69, 9.17) is 10.3 Å². The quantitative estimate of drug-likeness (QED) is 0.633. The van der Waals surface area contributed by atoms with Crippen LogP contribution >= 0.6 is 0 Å². The van der Waals surface area contributed by atoms with Crippen LogP contribution in [-0.2, 0) is 6.54 Å². The van der Waals surface area contributed by atoms with Gasteiger partial charge >= 0.3 is 0 Å². The van der Waals surface area contributed by atoms with E-state index >= 15 is 0 Å². The van der Waals surface area contributed by atoms with Gasteiger partial charge in [-0.2, -0.15) is 4.98 Å². The number of nitrogens with two attached hydrogens (primary N) is 1. The molecule has 0 aliphatic heterocycles. The van der Waals surface area contributed by atoms with Crippen LogP contribution in [-0.4, -0.2) is 16.1 Å². The van der Waals surface area contributed by atoms with Crippen molar-refractivity contribution in [2.75, 3.05) is 5.32 Å². The summed E-state index contributed by atoms with van der Waals surface area (Å²) >= 11 is 0. The van der Waals surface area contributed by atoms with Gasteiger partial charge in [-0.25, -0.2) is 4.99 Å². The monoisotopic (exact) mass is 245 g/mol. The Hall–Kier alpha value is -2.37. The lowest BCUT2D eigenvalue weighted by Gasteiger charge is -2.04. The highest BCUT2D eigenvalue weighted by atomic mass is 16.5. The molecule has 0 unspecified atom stereocenters. The van der Waals surface area contributed by atoms with Crippen LogP contribution in [0.1, 0.15) is 17.3 Å². The van der Waals surface area contributed by atoms with Crippen molar-refractivity contribution in [1.82, 2.24) is 10.1 Å². The highest BCUT2D eigenvalue weighted by molar-refractivity contribution is 5.92. The minimum absolute atomic E-state index is 0.294. The molecule has 94 valence electrons. The number of guanidine groups is 1. The van der Waals surface area contributed by atoms with Crippen LogP contribution in [0.2, 0.25) is 0 Å². The summed E-state index contributed by atoms with van der Waals surface area (Å²) in [6.45, 7) is 4.05. The second-order valence-electron chi connectivity index (χ2n) is 3.92. The molecule has 1 heterocycles. The Morgan fingerprint density at radius 2 is 2.06 bits per heavy atom. The summed E-state index contributed by atoms with van der Waals surface area (Å²) in [5, 5.41) is 6.72. The third-order valence-electron chi connectivity index (χ3n) is 2.28. The number of aliphatic imine (C=N–C) groups is 1. The van der Waals surface area contributed by atoms with Crippen LogP contribution in [0.5, 0.6) is 0 Å². The lowest BCUT2D eigenvalue weighted by Crippen LogP contribution is -2.22. The summed E-state index contributed by atoms with van der Waals surface area (Å²) in [6, 6.07) is 7.88. The van der Waals surface area contributed by atoms with Gasteiger partial charge in [0.25, 0.3) is 0 Å². The summed E-state index contributed by atoms with van der Waals surface area (Å²) in [7, 11) is 0. The highest BCUT2D eigenvalue weighted by Crippen LogP contribution is 2.08. The van der Waals surface area contributed by atoms with Gasteiger partial charge in [0.2, 0.25) is 5.89 Å². The van der Waals surface area contributed by atoms with Crippen LogP contribution in [0.4, 0.5) is 5.69 Å². The van der Waals surface area contributed by atoms with Gasteiger partial charge in [0, 0.05) is 12.6 Å². The molecule has 0 aliphatic carbocycles. The van der Waals surface area contributed by atoms with E-state index in [1.54, 1.807) is 6.92 Å². The van der Waals surface area contributed by atoms with Crippen molar-refractivity contribution in [2.24, 2.45) is 10.7 Å². The van der Waals surface area contributed by atoms with E-state index in [2.05, 4.69) is 20.4 Å². The molecule has 0 atom stereocenters. The zero-order valence-corrected chi connectivity index (χ0v) is 10.3.